The van der Waals surface area contributed by atoms with E-state index >= 15 is 0 Å². The molecule has 2 aromatic rings. The molecular weight excluding hydrogens is 324 g/mol. The number of ether oxygens (including phenoxy) is 3. The Bertz CT molecular complexity index is 678. The minimum atomic E-state index is -0.693. The lowest BCUT2D eigenvalue weighted by Gasteiger charge is -2.15. The van der Waals surface area contributed by atoms with E-state index in [1.165, 1.54) is 20.3 Å². The molecule has 1 aromatic heterocycles. The number of carbonyl (C=O) groups is 1. The number of pyridine rings is 1. The maximum Gasteiger partial charge on any atom is 0.337 e. The first kappa shape index (κ1) is 18.7. The number of rotatable bonds is 9. The molecule has 1 atom stereocenters. The number of hydrogen-bond acceptors (Lipinski definition) is 7. The van der Waals surface area contributed by atoms with Crippen molar-refractivity contribution in [1.82, 2.24) is 10.3 Å². The number of hydrogen-bond donors (Lipinski definition) is 2. The van der Waals surface area contributed by atoms with Crippen molar-refractivity contribution in [3.8, 4) is 11.5 Å². The quantitative estimate of drug-likeness (QED) is 0.664. The molecule has 2 rings (SSSR count). The molecule has 1 aromatic carbocycles. The third-order valence-electron chi connectivity index (χ3n) is 3.45. The molecule has 2 N–H and O–H groups in total. The number of aliphatic hydroxyl groups is 1. The lowest BCUT2D eigenvalue weighted by molar-refractivity contribution is 0.0600. The van der Waals surface area contributed by atoms with Crippen LogP contribution in [-0.4, -0.2) is 49.5 Å². The molecule has 0 saturated carbocycles. The Kier molecular flexibility index (Phi) is 7.18. The molecule has 134 valence electrons. The van der Waals surface area contributed by atoms with Crippen LogP contribution in [-0.2, 0) is 11.3 Å². The van der Waals surface area contributed by atoms with Gasteiger partial charge in [0.25, 0.3) is 0 Å². The molecule has 0 spiro atoms. The molecule has 0 fully saturated rings. The summed E-state index contributed by atoms with van der Waals surface area (Å²) in [5, 5.41) is 13.2. The minimum absolute atomic E-state index is 0.0912. The highest BCUT2D eigenvalue weighted by Gasteiger charge is 2.13. The van der Waals surface area contributed by atoms with Crippen LogP contribution in [0.4, 0.5) is 0 Å². The van der Waals surface area contributed by atoms with Crippen molar-refractivity contribution in [1.29, 1.82) is 0 Å². The van der Waals surface area contributed by atoms with Gasteiger partial charge in [-0.25, -0.2) is 4.79 Å². The summed E-state index contributed by atoms with van der Waals surface area (Å²) in [6, 6.07) is 8.54. The molecule has 0 aliphatic heterocycles. The maximum absolute atomic E-state index is 11.5. The number of carbonyl (C=O) groups excluding carboxylic acids is 1. The predicted molar refractivity (Wildman–Crippen MR) is 91.8 cm³/mol. The average Bonchev–Trinajstić information content (AvgIpc) is 2.66. The van der Waals surface area contributed by atoms with Gasteiger partial charge in [0, 0.05) is 25.5 Å². The summed E-state index contributed by atoms with van der Waals surface area (Å²) >= 11 is 0. The second-order valence-corrected chi connectivity index (χ2v) is 5.31. The van der Waals surface area contributed by atoms with Crippen LogP contribution in [0.5, 0.6) is 11.5 Å². The first-order valence-electron chi connectivity index (χ1n) is 7.81. The zero-order chi connectivity index (χ0) is 18.1. The van der Waals surface area contributed by atoms with Gasteiger partial charge in [0.05, 0.1) is 19.8 Å². The monoisotopic (exact) mass is 346 g/mol. The Labute approximate surface area is 146 Å². The predicted octanol–water partition coefficient (Wildman–Crippen LogP) is 1.41. The Balaban J connectivity index is 1.82. The van der Waals surface area contributed by atoms with E-state index in [1.807, 2.05) is 12.1 Å². The smallest absolute Gasteiger partial charge is 0.337 e. The average molecular weight is 346 g/mol. The Morgan fingerprint density at radius 1 is 1.28 bits per heavy atom. The van der Waals surface area contributed by atoms with Gasteiger partial charge in [-0.1, -0.05) is 6.07 Å². The molecule has 0 aliphatic carbocycles. The molecule has 0 aliphatic rings. The number of esters is 1. The fourth-order valence-corrected chi connectivity index (χ4v) is 2.16. The molecule has 1 heterocycles. The van der Waals surface area contributed by atoms with E-state index < -0.39 is 12.1 Å². The second kappa shape index (κ2) is 9.61. The fraction of sp³-hybridized carbons (Fsp3) is 0.333. The third kappa shape index (κ3) is 5.74. The lowest BCUT2D eigenvalue weighted by atomic mass is 10.2. The van der Waals surface area contributed by atoms with Crippen LogP contribution in [0.25, 0.3) is 0 Å². The molecule has 0 unspecified atom stereocenters. The first-order valence-corrected chi connectivity index (χ1v) is 7.81. The zero-order valence-corrected chi connectivity index (χ0v) is 14.3. The van der Waals surface area contributed by atoms with Crippen molar-refractivity contribution in [3.05, 3.63) is 53.9 Å². The number of benzene rings is 1. The van der Waals surface area contributed by atoms with Gasteiger partial charge >= 0.3 is 5.97 Å². The summed E-state index contributed by atoms with van der Waals surface area (Å²) in [5.41, 5.74) is 1.40. The Morgan fingerprint density at radius 3 is 2.80 bits per heavy atom. The molecular formula is C18H22N2O5. The highest BCUT2D eigenvalue weighted by molar-refractivity contribution is 5.90. The Morgan fingerprint density at radius 2 is 2.12 bits per heavy atom. The van der Waals surface area contributed by atoms with E-state index in [-0.39, 0.29) is 6.61 Å². The van der Waals surface area contributed by atoms with Gasteiger partial charge in [0.1, 0.15) is 12.7 Å². The summed E-state index contributed by atoms with van der Waals surface area (Å²) < 4.78 is 15.5. The van der Waals surface area contributed by atoms with Crippen LogP contribution in [0.15, 0.2) is 42.7 Å². The normalized spacial score (nSPS) is 11.6. The summed E-state index contributed by atoms with van der Waals surface area (Å²) in [5.74, 6) is 0.393. The highest BCUT2D eigenvalue weighted by atomic mass is 16.5. The van der Waals surface area contributed by atoms with E-state index in [1.54, 1.807) is 24.5 Å². The molecule has 0 bridgehead atoms. The van der Waals surface area contributed by atoms with Crippen LogP contribution in [0.3, 0.4) is 0 Å². The van der Waals surface area contributed by atoms with Crippen molar-refractivity contribution in [2.45, 2.75) is 12.6 Å². The zero-order valence-electron chi connectivity index (χ0n) is 14.3. The SMILES string of the molecule is COC(=O)c1ccc(OC[C@H](O)CNCc2cccnc2)c(OC)c1. The maximum atomic E-state index is 11.5. The number of aromatic nitrogens is 1. The van der Waals surface area contributed by atoms with Crippen molar-refractivity contribution in [3.63, 3.8) is 0 Å². The summed E-state index contributed by atoms with van der Waals surface area (Å²) in [4.78, 5) is 15.6. The van der Waals surface area contributed by atoms with Crippen molar-refractivity contribution >= 4 is 5.97 Å². The van der Waals surface area contributed by atoms with Crippen LogP contribution < -0.4 is 14.8 Å². The number of methoxy groups -OCH3 is 2. The molecule has 0 saturated heterocycles. The summed E-state index contributed by atoms with van der Waals surface area (Å²) in [6.45, 7) is 1.08. The highest BCUT2D eigenvalue weighted by Crippen LogP contribution is 2.28. The van der Waals surface area contributed by atoms with Gasteiger partial charge < -0.3 is 24.6 Å². The molecule has 25 heavy (non-hydrogen) atoms. The van der Waals surface area contributed by atoms with Crippen molar-refractivity contribution in [2.75, 3.05) is 27.4 Å². The van der Waals surface area contributed by atoms with Crippen LogP contribution >= 0.6 is 0 Å². The fourth-order valence-electron chi connectivity index (χ4n) is 2.16. The topological polar surface area (TPSA) is 89.9 Å². The van der Waals surface area contributed by atoms with E-state index in [0.29, 0.717) is 30.2 Å². The van der Waals surface area contributed by atoms with Gasteiger partial charge in [-0.05, 0) is 29.8 Å². The first-order chi connectivity index (χ1) is 12.1. The molecule has 7 nitrogen and oxygen atoms in total. The van der Waals surface area contributed by atoms with Gasteiger partial charge in [0.2, 0.25) is 0 Å². The van der Waals surface area contributed by atoms with Gasteiger partial charge in [0.15, 0.2) is 11.5 Å². The lowest BCUT2D eigenvalue weighted by Crippen LogP contribution is -2.31. The summed E-state index contributed by atoms with van der Waals surface area (Å²) in [6.07, 6.45) is 2.79. The summed E-state index contributed by atoms with van der Waals surface area (Å²) in [7, 11) is 2.79. The van der Waals surface area contributed by atoms with Crippen LogP contribution in [0.2, 0.25) is 0 Å². The standard InChI is InChI=1S/C18H22N2O5/c1-23-17-8-14(18(22)24-2)5-6-16(17)25-12-15(21)11-20-10-13-4-3-7-19-9-13/h3-9,15,20-21H,10-12H2,1-2H3/t15-/m1/s1. The van der Waals surface area contributed by atoms with E-state index in [4.69, 9.17) is 9.47 Å². The van der Waals surface area contributed by atoms with E-state index in [2.05, 4.69) is 15.0 Å². The van der Waals surface area contributed by atoms with E-state index in [9.17, 15) is 9.90 Å². The Hall–Kier alpha value is -2.64. The van der Waals surface area contributed by atoms with Gasteiger partial charge in [-0.3, -0.25) is 4.98 Å². The minimum Gasteiger partial charge on any atom is -0.493 e. The van der Waals surface area contributed by atoms with Gasteiger partial charge in [-0.15, -0.1) is 0 Å². The van der Waals surface area contributed by atoms with Gasteiger partial charge in [-0.2, -0.15) is 0 Å². The number of nitrogens with zero attached hydrogens (tertiary/aromatic N) is 1. The van der Waals surface area contributed by atoms with Crippen molar-refractivity contribution < 1.29 is 24.1 Å². The second-order valence-electron chi connectivity index (χ2n) is 5.31. The van der Waals surface area contributed by atoms with E-state index in [0.717, 1.165) is 5.56 Å². The number of nitrogens with one attached hydrogen (secondary N) is 1. The van der Waals surface area contributed by atoms with Crippen molar-refractivity contribution in [2.24, 2.45) is 0 Å². The molecule has 7 heteroatoms. The largest absolute Gasteiger partial charge is 0.493 e. The molecule has 0 amide bonds. The van der Waals surface area contributed by atoms with Crippen LogP contribution in [0.1, 0.15) is 15.9 Å². The third-order valence-corrected chi connectivity index (χ3v) is 3.45. The molecule has 0 radical (unpaired) electrons. The van der Waals surface area contributed by atoms with Crippen LogP contribution in [0, 0.1) is 0 Å². The number of aliphatic hydroxyl groups excluding tert-OH is 1.